The van der Waals surface area contributed by atoms with Gasteiger partial charge in [0.15, 0.2) is 0 Å². The molecule has 2 aromatic carbocycles. The molecule has 4 bridgehead atoms. The van der Waals surface area contributed by atoms with Gasteiger partial charge in [0, 0.05) is 32.4 Å². The maximum Gasteiger partial charge on any atom is 0.246 e. The van der Waals surface area contributed by atoms with Crippen molar-refractivity contribution in [1.82, 2.24) is 21.3 Å². The molecule has 1 aliphatic heterocycles. The number of aliphatic hydroxyl groups excluding tert-OH is 2. The van der Waals surface area contributed by atoms with Crippen LogP contribution in [-0.2, 0) is 32.0 Å². The molecule has 6 atom stereocenters. The third-order valence-electron chi connectivity index (χ3n) is 8.30. The molecule has 0 aliphatic carbocycles. The number of nitrogens with two attached hydrogens (primary N) is 4. The molecular formula is C32H48N8O8. The number of carbonyl (C=O) groups is 4. The van der Waals surface area contributed by atoms with Crippen LogP contribution in [0.2, 0.25) is 0 Å². The van der Waals surface area contributed by atoms with Gasteiger partial charge < -0.3 is 64.6 Å². The molecule has 16 heteroatoms. The molecule has 0 fully saturated rings. The number of carbonyl (C=O) groups excluding carboxylic acids is 4. The predicted octanol–water partition coefficient (Wildman–Crippen LogP) is -3.08. The van der Waals surface area contributed by atoms with E-state index in [0.717, 1.165) is 0 Å². The molecule has 0 spiro atoms. The zero-order chi connectivity index (χ0) is 35.6. The second-order valence-corrected chi connectivity index (χ2v) is 12.3. The Bertz CT molecular complexity index is 1460. The molecular weight excluding hydrogens is 624 g/mol. The maximum atomic E-state index is 14.2. The molecule has 264 valence electrons. The lowest BCUT2D eigenvalue weighted by molar-refractivity contribution is -0.137. The van der Waals surface area contributed by atoms with Crippen LogP contribution in [0.15, 0.2) is 36.4 Å². The smallest absolute Gasteiger partial charge is 0.246 e. The van der Waals surface area contributed by atoms with Gasteiger partial charge >= 0.3 is 0 Å². The Balaban J connectivity index is 2.13. The van der Waals surface area contributed by atoms with Crippen LogP contribution in [0.1, 0.15) is 37.3 Å². The highest BCUT2D eigenvalue weighted by Gasteiger charge is 2.40. The summed E-state index contributed by atoms with van der Waals surface area (Å²) >= 11 is 0. The summed E-state index contributed by atoms with van der Waals surface area (Å²) in [6, 6.07) is 4.85. The van der Waals surface area contributed by atoms with Crippen LogP contribution in [0.25, 0.3) is 11.1 Å². The maximum absolute atomic E-state index is 14.2. The fourth-order valence-electron chi connectivity index (χ4n) is 5.35. The lowest BCUT2D eigenvalue weighted by atomic mass is 9.88. The second kappa shape index (κ2) is 17.2. The summed E-state index contributed by atoms with van der Waals surface area (Å²) in [6.45, 7) is 0.872. The van der Waals surface area contributed by atoms with Crippen LogP contribution in [-0.4, -0.2) is 106 Å². The van der Waals surface area contributed by atoms with Crippen molar-refractivity contribution in [1.29, 1.82) is 0 Å². The number of fused-ring (bicyclic) bond motifs is 5. The lowest BCUT2D eigenvalue weighted by Crippen LogP contribution is -2.65. The monoisotopic (exact) mass is 672 g/mol. The average molecular weight is 673 g/mol. The van der Waals surface area contributed by atoms with Gasteiger partial charge in [-0.05, 0) is 72.8 Å². The van der Waals surface area contributed by atoms with Gasteiger partial charge in [0.05, 0.1) is 24.8 Å². The zero-order valence-electron chi connectivity index (χ0n) is 26.9. The number of amides is 4. The standard InChI is InChI=1S/C32H48N8O8/c1-32(31(48)39-24(3-2-8-33)29(46)37-21(14-34)16-41)13-20-10-18(5-7-27(20)44)17-4-6-26(43)19(9-17)11-23(36)28(45)38-25(30(47)40-32)12-22(42)15-35/h4-7,9-10,21-25,41-44H,2-3,8,11-16,33-36H2,1H3,(H,37,46)(H,38,45)(H,39,48)(H,40,47)/t21-,22+,23?,24-,25-,32-/m0/s1. The number of benzene rings is 2. The van der Waals surface area contributed by atoms with E-state index in [1.54, 1.807) is 24.3 Å². The van der Waals surface area contributed by atoms with Gasteiger partial charge in [-0.25, -0.2) is 0 Å². The van der Waals surface area contributed by atoms with E-state index in [0.29, 0.717) is 23.1 Å². The van der Waals surface area contributed by atoms with E-state index >= 15 is 0 Å². The summed E-state index contributed by atoms with van der Waals surface area (Å²) < 4.78 is 0. The first-order valence-electron chi connectivity index (χ1n) is 15.8. The van der Waals surface area contributed by atoms with E-state index in [2.05, 4.69) is 21.3 Å². The molecule has 2 aromatic rings. The summed E-state index contributed by atoms with van der Waals surface area (Å²) in [6.07, 6.45) is -1.48. The highest BCUT2D eigenvalue weighted by molar-refractivity contribution is 5.97. The summed E-state index contributed by atoms with van der Waals surface area (Å²) in [5.74, 6) is -3.38. The van der Waals surface area contributed by atoms with E-state index in [9.17, 15) is 39.6 Å². The van der Waals surface area contributed by atoms with E-state index in [-0.39, 0.29) is 62.4 Å². The minimum Gasteiger partial charge on any atom is -0.508 e. The largest absolute Gasteiger partial charge is 0.508 e. The predicted molar refractivity (Wildman–Crippen MR) is 177 cm³/mol. The first-order valence-corrected chi connectivity index (χ1v) is 15.8. The van der Waals surface area contributed by atoms with Crippen molar-refractivity contribution in [2.75, 3.05) is 26.2 Å². The number of nitrogens with one attached hydrogen (secondary N) is 4. The molecule has 16 N–H and O–H groups in total. The number of phenolic OH excluding ortho intramolecular Hbond substituents is 2. The van der Waals surface area contributed by atoms with Gasteiger partial charge in [0.25, 0.3) is 0 Å². The van der Waals surface area contributed by atoms with Crippen LogP contribution < -0.4 is 44.2 Å². The highest BCUT2D eigenvalue weighted by Crippen LogP contribution is 2.32. The SMILES string of the molecule is C[C@@]1(C(=O)N[C@@H](CCCN)C(=O)N[C@@H](CN)CO)Cc2cc(ccc2O)-c2ccc(O)c(c2)CC(N)C(=O)N[C@@H](C[C@@H](O)CN)C(=O)N1. The molecule has 48 heavy (non-hydrogen) atoms. The van der Waals surface area contributed by atoms with Crippen molar-refractivity contribution in [2.45, 2.75) is 74.8 Å². The third-order valence-corrected chi connectivity index (χ3v) is 8.30. The molecule has 3 rings (SSSR count). The Morgan fingerprint density at radius 1 is 0.979 bits per heavy atom. The molecule has 1 heterocycles. The van der Waals surface area contributed by atoms with Crippen molar-refractivity contribution < 1.29 is 39.6 Å². The van der Waals surface area contributed by atoms with Crippen LogP contribution in [0.5, 0.6) is 11.5 Å². The Hall–Kier alpha value is -4.32. The van der Waals surface area contributed by atoms with E-state index in [1.807, 2.05) is 0 Å². The van der Waals surface area contributed by atoms with Gasteiger partial charge in [0.2, 0.25) is 23.6 Å². The van der Waals surface area contributed by atoms with Crippen molar-refractivity contribution in [3.63, 3.8) is 0 Å². The van der Waals surface area contributed by atoms with Crippen molar-refractivity contribution >= 4 is 23.6 Å². The number of hydrogen-bond acceptors (Lipinski definition) is 12. The molecule has 1 unspecified atom stereocenters. The fraction of sp³-hybridized carbons (Fsp3) is 0.500. The van der Waals surface area contributed by atoms with Gasteiger partial charge in [-0.1, -0.05) is 12.1 Å². The zero-order valence-corrected chi connectivity index (χ0v) is 26.9. The Morgan fingerprint density at radius 2 is 1.60 bits per heavy atom. The molecule has 0 radical (unpaired) electrons. The Labute approximate surface area is 278 Å². The van der Waals surface area contributed by atoms with E-state index < -0.39 is 66.0 Å². The van der Waals surface area contributed by atoms with Gasteiger partial charge in [-0.3, -0.25) is 19.2 Å². The minimum absolute atomic E-state index is 0.0584. The summed E-state index contributed by atoms with van der Waals surface area (Å²) in [5, 5.41) is 51.8. The summed E-state index contributed by atoms with van der Waals surface area (Å²) in [5.41, 5.74) is 23.0. The van der Waals surface area contributed by atoms with Gasteiger partial charge in [0.1, 0.15) is 29.1 Å². The average Bonchev–Trinajstić information content (AvgIpc) is 3.06. The molecule has 1 aliphatic rings. The summed E-state index contributed by atoms with van der Waals surface area (Å²) in [4.78, 5) is 54.4. The number of phenols is 2. The van der Waals surface area contributed by atoms with Crippen LogP contribution in [0.3, 0.4) is 0 Å². The van der Waals surface area contributed by atoms with E-state index in [1.165, 1.54) is 19.1 Å². The highest BCUT2D eigenvalue weighted by atomic mass is 16.3. The van der Waals surface area contributed by atoms with Crippen molar-refractivity contribution in [3.05, 3.63) is 47.5 Å². The molecule has 0 saturated heterocycles. The van der Waals surface area contributed by atoms with Crippen molar-refractivity contribution in [2.24, 2.45) is 22.9 Å². The van der Waals surface area contributed by atoms with Crippen LogP contribution >= 0.6 is 0 Å². The van der Waals surface area contributed by atoms with Gasteiger partial charge in [-0.2, -0.15) is 0 Å². The first-order chi connectivity index (χ1) is 22.7. The molecule has 0 aromatic heterocycles. The number of aliphatic hydroxyl groups is 2. The first kappa shape index (κ1) is 38.1. The van der Waals surface area contributed by atoms with Crippen LogP contribution in [0.4, 0.5) is 0 Å². The van der Waals surface area contributed by atoms with Gasteiger partial charge in [-0.15, -0.1) is 0 Å². The molecule has 0 saturated carbocycles. The van der Waals surface area contributed by atoms with Crippen molar-refractivity contribution in [3.8, 4) is 22.6 Å². The lowest BCUT2D eigenvalue weighted by Gasteiger charge is -2.34. The van der Waals surface area contributed by atoms with Crippen LogP contribution in [0, 0.1) is 0 Å². The molecule has 4 amide bonds. The number of aromatic hydroxyl groups is 2. The molecule has 16 nitrogen and oxygen atoms in total. The Kier molecular flexibility index (Phi) is 13.7. The Morgan fingerprint density at radius 3 is 2.19 bits per heavy atom. The second-order valence-electron chi connectivity index (χ2n) is 12.3. The summed E-state index contributed by atoms with van der Waals surface area (Å²) in [7, 11) is 0. The number of hydrogen-bond donors (Lipinski definition) is 12. The quantitative estimate of drug-likeness (QED) is 0.107. The normalized spacial score (nSPS) is 21.8. The number of rotatable bonds is 12. The minimum atomic E-state index is -1.86. The van der Waals surface area contributed by atoms with E-state index in [4.69, 9.17) is 22.9 Å². The fourth-order valence-corrected chi connectivity index (χ4v) is 5.35. The topological polar surface area (TPSA) is 301 Å². The third kappa shape index (κ3) is 9.85.